The molecule has 0 amide bonds. The van der Waals surface area contributed by atoms with Gasteiger partial charge in [0.1, 0.15) is 5.69 Å². The first-order valence-electron chi connectivity index (χ1n) is 7.76. The second-order valence-electron chi connectivity index (χ2n) is 5.54. The average Bonchev–Trinajstić information content (AvgIpc) is 2.66. The zero-order valence-corrected chi connectivity index (χ0v) is 13.8. The van der Waals surface area contributed by atoms with Crippen LogP contribution in [0.15, 0.2) is 63.8 Å². The van der Waals surface area contributed by atoms with Gasteiger partial charge >= 0.3 is 0 Å². The van der Waals surface area contributed by atoms with E-state index in [-0.39, 0.29) is 5.43 Å². The Bertz CT molecular complexity index is 1150. The molecule has 0 aliphatic carbocycles. The molecule has 0 unspecified atom stereocenters. The van der Waals surface area contributed by atoms with Crippen molar-refractivity contribution in [3.05, 3.63) is 64.8 Å². The van der Waals surface area contributed by atoms with Crippen LogP contribution in [-0.4, -0.2) is 19.2 Å². The van der Waals surface area contributed by atoms with Crippen LogP contribution in [0.5, 0.6) is 11.5 Å². The van der Waals surface area contributed by atoms with Gasteiger partial charge in [0.2, 0.25) is 5.75 Å². The maximum atomic E-state index is 12.5. The number of hydrogen-bond acceptors (Lipinski definition) is 5. The highest BCUT2D eigenvalue weighted by Crippen LogP contribution is 2.35. The first-order chi connectivity index (χ1) is 12.2. The molecule has 2 aromatic heterocycles. The van der Waals surface area contributed by atoms with Gasteiger partial charge in [-0.15, -0.1) is 0 Å². The Morgan fingerprint density at radius 1 is 0.960 bits per heavy atom. The average molecular weight is 333 g/mol. The first-order valence-corrected chi connectivity index (χ1v) is 7.76. The fourth-order valence-electron chi connectivity index (χ4n) is 2.86. The molecule has 2 heterocycles. The number of pyridine rings is 1. The molecule has 0 aliphatic rings. The van der Waals surface area contributed by atoms with Gasteiger partial charge in [-0.3, -0.25) is 4.79 Å². The van der Waals surface area contributed by atoms with Crippen LogP contribution in [0.4, 0.5) is 0 Å². The maximum Gasteiger partial charge on any atom is 0.204 e. The highest BCUT2D eigenvalue weighted by molar-refractivity contribution is 5.87. The minimum Gasteiger partial charge on any atom is -0.493 e. The summed E-state index contributed by atoms with van der Waals surface area (Å²) in [6.45, 7) is 0. The summed E-state index contributed by atoms with van der Waals surface area (Å²) in [6.07, 6.45) is 0. The quantitative estimate of drug-likeness (QED) is 0.566. The first kappa shape index (κ1) is 15.2. The number of benzene rings is 2. The van der Waals surface area contributed by atoms with E-state index in [1.165, 1.54) is 20.3 Å². The molecule has 0 saturated carbocycles. The van der Waals surface area contributed by atoms with E-state index in [1.807, 2.05) is 36.4 Å². The van der Waals surface area contributed by atoms with Crippen molar-refractivity contribution in [3.8, 4) is 23.0 Å². The van der Waals surface area contributed by atoms with Crippen LogP contribution in [0.2, 0.25) is 0 Å². The number of ether oxygens (including phenoxy) is 2. The molecule has 0 atom stereocenters. The van der Waals surface area contributed by atoms with E-state index in [1.54, 1.807) is 12.1 Å². The van der Waals surface area contributed by atoms with Crippen LogP contribution in [0.25, 0.3) is 33.3 Å². The standard InChI is InChI=1S/C20H15NO4/c1-23-17-10-8-13-16(22)11-18(25-19(13)20(17)24-2)15-9-7-12-5-3-4-6-14(12)21-15/h3-11H,1-2H3. The summed E-state index contributed by atoms with van der Waals surface area (Å²) in [5.41, 5.74) is 1.61. The predicted molar refractivity (Wildman–Crippen MR) is 96.3 cm³/mol. The molecule has 124 valence electrons. The lowest BCUT2D eigenvalue weighted by Crippen LogP contribution is -2.03. The van der Waals surface area contributed by atoms with Crippen molar-refractivity contribution in [2.24, 2.45) is 0 Å². The number of fused-ring (bicyclic) bond motifs is 2. The number of para-hydroxylation sites is 1. The molecule has 5 nitrogen and oxygen atoms in total. The van der Waals surface area contributed by atoms with Gasteiger partial charge < -0.3 is 13.9 Å². The van der Waals surface area contributed by atoms with Crippen molar-refractivity contribution in [2.75, 3.05) is 14.2 Å². The van der Waals surface area contributed by atoms with Gasteiger partial charge in [-0.1, -0.05) is 24.3 Å². The van der Waals surface area contributed by atoms with Gasteiger partial charge in [-0.25, -0.2) is 4.98 Å². The number of rotatable bonds is 3. The highest BCUT2D eigenvalue weighted by Gasteiger charge is 2.16. The second-order valence-corrected chi connectivity index (χ2v) is 5.54. The Hall–Kier alpha value is -3.34. The molecule has 25 heavy (non-hydrogen) atoms. The van der Waals surface area contributed by atoms with Gasteiger partial charge in [-0.2, -0.15) is 0 Å². The molecule has 5 heteroatoms. The number of hydrogen-bond donors (Lipinski definition) is 0. The third-order valence-electron chi connectivity index (χ3n) is 4.09. The van der Waals surface area contributed by atoms with Gasteiger partial charge in [0.05, 0.1) is 25.1 Å². The van der Waals surface area contributed by atoms with Crippen LogP contribution < -0.4 is 14.9 Å². The zero-order valence-electron chi connectivity index (χ0n) is 13.8. The summed E-state index contributed by atoms with van der Waals surface area (Å²) in [4.78, 5) is 17.1. The van der Waals surface area contributed by atoms with Crippen molar-refractivity contribution >= 4 is 21.9 Å². The Kier molecular flexibility index (Phi) is 3.61. The molecule has 0 spiro atoms. The molecule has 2 aromatic carbocycles. The van der Waals surface area contributed by atoms with E-state index >= 15 is 0 Å². The molecular formula is C20H15NO4. The minimum absolute atomic E-state index is 0.160. The van der Waals surface area contributed by atoms with E-state index < -0.39 is 0 Å². The monoisotopic (exact) mass is 333 g/mol. The van der Waals surface area contributed by atoms with Crippen molar-refractivity contribution in [1.82, 2.24) is 4.98 Å². The highest BCUT2D eigenvalue weighted by atomic mass is 16.5. The lowest BCUT2D eigenvalue weighted by Gasteiger charge is -2.10. The predicted octanol–water partition coefficient (Wildman–Crippen LogP) is 4.03. The number of aromatic nitrogens is 1. The van der Waals surface area contributed by atoms with Crippen LogP contribution in [0.3, 0.4) is 0 Å². The van der Waals surface area contributed by atoms with Crippen molar-refractivity contribution < 1.29 is 13.9 Å². The Morgan fingerprint density at radius 2 is 1.80 bits per heavy atom. The van der Waals surface area contributed by atoms with Gasteiger partial charge in [0, 0.05) is 11.5 Å². The third-order valence-corrected chi connectivity index (χ3v) is 4.09. The summed E-state index contributed by atoms with van der Waals surface area (Å²) >= 11 is 0. The summed E-state index contributed by atoms with van der Waals surface area (Å²) < 4.78 is 16.6. The second kappa shape index (κ2) is 5.94. The topological polar surface area (TPSA) is 61.6 Å². The summed E-state index contributed by atoms with van der Waals surface area (Å²) in [5.74, 6) is 1.27. The molecule has 4 rings (SSSR count). The van der Waals surface area contributed by atoms with Crippen molar-refractivity contribution in [3.63, 3.8) is 0 Å². The van der Waals surface area contributed by atoms with Gasteiger partial charge in [0.25, 0.3) is 0 Å². The fourth-order valence-corrected chi connectivity index (χ4v) is 2.86. The lowest BCUT2D eigenvalue weighted by molar-refractivity contribution is 0.353. The Morgan fingerprint density at radius 3 is 2.60 bits per heavy atom. The maximum absolute atomic E-state index is 12.5. The van der Waals surface area contributed by atoms with Crippen LogP contribution in [-0.2, 0) is 0 Å². The molecule has 0 radical (unpaired) electrons. The molecule has 4 aromatic rings. The summed E-state index contributed by atoms with van der Waals surface area (Å²) in [5, 5.41) is 1.45. The molecule has 0 aliphatic heterocycles. The zero-order chi connectivity index (χ0) is 17.4. The number of methoxy groups -OCH3 is 2. The molecule has 0 saturated heterocycles. The summed E-state index contributed by atoms with van der Waals surface area (Å²) in [7, 11) is 3.05. The lowest BCUT2D eigenvalue weighted by atomic mass is 10.1. The number of nitrogens with zero attached hydrogens (tertiary/aromatic N) is 1. The normalized spacial score (nSPS) is 11.0. The van der Waals surface area contributed by atoms with Crippen LogP contribution >= 0.6 is 0 Å². The van der Waals surface area contributed by atoms with Gasteiger partial charge in [0.15, 0.2) is 22.5 Å². The Balaban J connectivity index is 1.99. The van der Waals surface area contributed by atoms with E-state index in [4.69, 9.17) is 13.9 Å². The molecule has 0 fully saturated rings. The third kappa shape index (κ3) is 2.50. The van der Waals surface area contributed by atoms with Crippen LogP contribution in [0.1, 0.15) is 0 Å². The van der Waals surface area contributed by atoms with E-state index in [0.717, 1.165) is 10.9 Å². The molecule has 0 bridgehead atoms. The molecular weight excluding hydrogens is 318 g/mol. The van der Waals surface area contributed by atoms with E-state index in [9.17, 15) is 4.79 Å². The van der Waals surface area contributed by atoms with Gasteiger partial charge in [-0.05, 0) is 24.3 Å². The summed E-state index contributed by atoms with van der Waals surface area (Å²) in [6, 6.07) is 16.4. The van der Waals surface area contributed by atoms with Crippen LogP contribution in [0, 0.1) is 0 Å². The Labute approximate surface area is 143 Å². The van der Waals surface area contributed by atoms with E-state index in [0.29, 0.717) is 33.9 Å². The molecule has 0 N–H and O–H groups in total. The minimum atomic E-state index is -0.160. The van der Waals surface area contributed by atoms with Crippen molar-refractivity contribution in [2.45, 2.75) is 0 Å². The van der Waals surface area contributed by atoms with E-state index in [2.05, 4.69) is 4.98 Å². The largest absolute Gasteiger partial charge is 0.493 e. The fraction of sp³-hybridized carbons (Fsp3) is 0.100. The van der Waals surface area contributed by atoms with Crippen molar-refractivity contribution in [1.29, 1.82) is 0 Å². The smallest absolute Gasteiger partial charge is 0.204 e. The SMILES string of the molecule is COc1ccc2c(=O)cc(-c3ccc4ccccc4n3)oc2c1OC.